The van der Waals surface area contributed by atoms with Crippen LogP contribution < -0.4 is 10.0 Å². The Kier molecular flexibility index (Phi) is 5.27. The molecule has 0 aliphatic carbocycles. The van der Waals surface area contributed by atoms with Crippen molar-refractivity contribution in [2.75, 3.05) is 20.8 Å². The molecule has 8 heteroatoms. The normalized spacial score (nSPS) is 13.8. The number of aromatic nitrogens is 2. The summed E-state index contributed by atoms with van der Waals surface area (Å²) in [5.74, 6) is 0. The third-order valence-corrected chi connectivity index (χ3v) is 4.14. The largest absolute Gasteiger partial charge is 0.383 e. The van der Waals surface area contributed by atoms with Crippen LogP contribution in [0.4, 0.5) is 0 Å². The summed E-state index contributed by atoms with van der Waals surface area (Å²) >= 11 is 0. The van der Waals surface area contributed by atoms with E-state index in [9.17, 15) is 8.42 Å². The monoisotopic (exact) mass is 276 g/mol. The minimum atomic E-state index is -3.59. The van der Waals surface area contributed by atoms with E-state index in [1.165, 1.54) is 7.11 Å². The molecule has 1 atom stereocenters. The zero-order valence-corrected chi connectivity index (χ0v) is 11.9. The lowest BCUT2D eigenvalue weighted by Gasteiger charge is -2.13. The lowest BCUT2D eigenvalue weighted by Crippen LogP contribution is -2.36. The van der Waals surface area contributed by atoms with Crippen LogP contribution in [0.3, 0.4) is 0 Å². The summed E-state index contributed by atoms with van der Waals surface area (Å²) in [6.07, 6.45) is 0. The molecule has 0 fully saturated rings. The quantitative estimate of drug-likeness (QED) is 0.638. The van der Waals surface area contributed by atoms with Crippen molar-refractivity contribution < 1.29 is 13.2 Å². The smallest absolute Gasteiger partial charge is 0.244 e. The predicted molar refractivity (Wildman–Crippen MR) is 67.7 cm³/mol. The Bertz CT molecular complexity index is 483. The van der Waals surface area contributed by atoms with E-state index in [2.05, 4.69) is 20.2 Å². The van der Waals surface area contributed by atoms with Crippen LogP contribution in [0.25, 0.3) is 0 Å². The highest BCUT2D eigenvalue weighted by Crippen LogP contribution is 2.17. The van der Waals surface area contributed by atoms with Crippen LogP contribution >= 0.6 is 0 Å². The van der Waals surface area contributed by atoms with Gasteiger partial charge in [-0.25, -0.2) is 13.1 Å². The molecule has 0 aromatic carbocycles. The molecule has 3 N–H and O–H groups in total. The first-order valence-electron chi connectivity index (χ1n) is 5.62. The maximum Gasteiger partial charge on any atom is 0.244 e. The Labute approximate surface area is 107 Å². The molecule has 1 aromatic rings. The van der Waals surface area contributed by atoms with Crippen LogP contribution in [0, 0.1) is 6.92 Å². The summed E-state index contributed by atoms with van der Waals surface area (Å²) in [4.78, 5) is 0.208. The number of nitrogens with one attached hydrogen (secondary N) is 3. The van der Waals surface area contributed by atoms with Crippen molar-refractivity contribution in [2.45, 2.75) is 31.3 Å². The number of nitrogens with zero attached hydrogens (tertiary/aromatic N) is 1. The van der Waals surface area contributed by atoms with E-state index in [4.69, 9.17) is 4.74 Å². The first-order valence-corrected chi connectivity index (χ1v) is 7.10. The standard InChI is InChI=1S/C10H20N4O3S/c1-7(6-17-4)14-18(15,16)10-8(2)12-13-9(10)5-11-3/h7,11,14H,5-6H2,1-4H3,(H,12,13). The van der Waals surface area contributed by atoms with Gasteiger partial charge in [-0.2, -0.15) is 5.10 Å². The summed E-state index contributed by atoms with van der Waals surface area (Å²) in [6.45, 7) is 4.13. The van der Waals surface area contributed by atoms with Crippen LogP contribution in [0.15, 0.2) is 4.90 Å². The van der Waals surface area contributed by atoms with Crippen LogP contribution in [0.1, 0.15) is 18.3 Å². The van der Waals surface area contributed by atoms with Crippen molar-refractivity contribution in [3.63, 3.8) is 0 Å². The van der Waals surface area contributed by atoms with E-state index in [1.807, 2.05) is 0 Å². The fourth-order valence-electron chi connectivity index (χ4n) is 1.72. The number of hydrogen-bond donors (Lipinski definition) is 3. The molecule has 0 aliphatic rings. The van der Waals surface area contributed by atoms with Gasteiger partial charge in [-0.3, -0.25) is 5.10 Å². The van der Waals surface area contributed by atoms with Gasteiger partial charge in [0.15, 0.2) is 0 Å². The number of H-pyrrole nitrogens is 1. The first-order chi connectivity index (χ1) is 8.42. The van der Waals surface area contributed by atoms with E-state index in [1.54, 1.807) is 20.9 Å². The Morgan fingerprint density at radius 3 is 2.72 bits per heavy atom. The van der Waals surface area contributed by atoms with E-state index in [-0.39, 0.29) is 10.9 Å². The zero-order chi connectivity index (χ0) is 13.8. The van der Waals surface area contributed by atoms with Gasteiger partial charge in [-0.15, -0.1) is 0 Å². The highest BCUT2D eigenvalue weighted by atomic mass is 32.2. The number of aryl methyl sites for hydroxylation is 1. The average molecular weight is 276 g/mol. The minimum Gasteiger partial charge on any atom is -0.383 e. The molecule has 0 radical (unpaired) electrons. The number of aromatic amines is 1. The van der Waals surface area contributed by atoms with Gasteiger partial charge in [-0.1, -0.05) is 0 Å². The summed E-state index contributed by atoms with van der Waals surface area (Å²) in [5.41, 5.74) is 1.00. The van der Waals surface area contributed by atoms with Crippen molar-refractivity contribution in [2.24, 2.45) is 0 Å². The molecule has 104 valence electrons. The summed E-state index contributed by atoms with van der Waals surface area (Å²) in [6, 6.07) is -0.295. The second-order valence-corrected chi connectivity index (χ2v) is 5.78. The number of ether oxygens (including phenoxy) is 1. The number of sulfonamides is 1. The molecule has 18 heavy (non-hydrogen) atoms. The topological polar surface area (TPSA) is 96.1 Å². The highest BCUT2D eigenvalue weighted by molar-refractivity contribution is 7.89. The van der Waals surface area contributed by atoms with Gasteiger partial charge < -0.3 is 10.1 Å². The molecule has 1 aromatic heterocycles. The Hall–Kier alpha value is -0.960. The van der Waals surface area contributed by atoms with Crippen molar-refractivity contribution in [3.8, 4) is 0 Å². The molecule has 1 rings (SSSR count). The van der Waals surface area contributed by atoms with Crippen molar-refractivity contribution in [3.05, 3.63) is 11.4 Å². The molecule has 1 heterocycles. The maximum atomic E-state index is 12.2. The molecule has 0 saturated heterocycles. The highest BCUT2D eigenvalue weighted by Gasteiger charge is 2.25. The van der Waals surface area contributed by atoms with Crippen LogP contribution in [-0.4, -0.2) is 45.4 Å². The van der Waals surface area contributed by atoms with Crippen LogP contribution in [0.5, 0.6) is 0 Å². The molecule has 7 nitrogen and oxygen atoms in total. The lowest BCUT2D eigenvalue weighted by molar-refractivity contribution is 0.180. The molecule has 0 saturated carbocycles. The van der Waals surface area contributed by atoms with Crippen LogP contribution in [-0.2, 0) is 21.3 Å². The molecule has 1 unspecified atom stereocenters. The third-order valence-electron chi connectivity index (χ3n) is 2.35. The zero-order valence-electron chi connectivity index (χ0n) is 11.1. The Morgan fingerprint density at radius 1 is 1.50 bits per heavy atom. The summed E-state index contributed by atoms with van der Waals surface area (Å²) in [5, 5.41) is 9.57. The summed E-state index contributed by atoms with van der Waals surface area (Å²) in [7, 11) is -0.320. The molecular weight excluding hydrogens is 256 g/mol. The van der Waals surface area contributed by atoms with Crippen molar-refractivity contribution in [1.29, 1.82) is 0 Å². The minimum absolute atomic E-state index is 0.208. The number of hydrogen-bond acceptors (Lipinski definition) is 5. The Morgan fingerprint density at radius 2 is 2.17 bits per heavy atom. The second kappa shape index (κ2) is 6.28. The van der Waals surface area contributed by atoms with Gasteiger partial charge in [0.05, 0.1) is 18.0 Å². The lowest BCUT2D eigenvalue weighted by atomic mass is 10.4. The van der Waals surface area contributed by atoms with Gasteiger partial charge >= 0.3 is 0 Å². The first kappa shape index (κ1) is 15.1. The van der Waals surface area contributed by atoms with Crippen molar-refractivity contribution in [1.82, 2.24) is 20.2 Å². The fourth-order valence-corrected chi connectivity index (χ4v) is 3.31. The fraction of sp³-hybridized carbons (Fsp3) is 0.700. The van der Waals surface area contributed by atoms with E-state index in [0.29, 0.717) is 24.5 Å². The third kappa shape index (κ3) is 3.52. The van der Waals surface area contributed by atoms with Gasteiger partial charge in [-0.05, 0) is 20.9 Å². The Balaban J connectivity index is 3.00. The van der Waals surface area contributed by atoms with E-state index < -0.39 is 10.0 Å². The SMILES string of the molecule is CNCc1n[nH]c(C)c1S(=O)(=O)NC(C)COC. The van der Waals surface area contributed by atoms with Gasteiger partial charge in [0, 0.05) is 19.7 Å². The average Bonchev–Trinajstić information content (AvgIpc) is 2.60. The van der Waals surface area contributed by atoms with Gasteiger partial charge in [0.25, 0.3) is 0 Å². The molecule has 0 spiro atoms. The number of methoxy groups -OCH3 is 1. The second-order valence-electron chi connectivity index (χ2n) is 4.13. The van der Waals surface area contributed by atoms with Gasteiger partial charge in [0.1, 0.15) is 4.90 Å². The predicted octanol–water partition coefficient (Wildman–Crippen LogP) is -0.249. The van der Waals surface area contributed by atoms with E-state index >= 15 is 0 Å². The molecular formula is C10H20N4O3S. The van der Waals surface area contributed by atoms with E-state index in [0.717, 1.165) is 0 Å². The van der Waals surface area contributed by atoms with Crippen molar-refractivity contribution >= 4 is 10.0 Å². The van der Waals surface area contributed by atoms with Gasteiger partial charge in [0.2, 0.25) is 10.0 Å². The van der Waals surface area contributed by atoms with Crippen LogP contribution in [0.2, 0.25) is 0 Å². The molecule has 0 amide bonds. The molecule has 0 bridgehead atoms. The number of rotatable bonds is 7. The molecule has 0 aliphatic heterocycles. The summed E-state index contributed by atoms with van der Waals surface area (Å²) < 4.78 is 32.0. The maximum absolute atomic E-state index is 12.2.